The molecule has 2 rings (SSSR count). The van der Waals surface area contributed by atoms with E-state index in [0.717, 1.165) is 0 Å². The van der Waals surface area contributed by atoms with Crippen LogP contribution in [-0.4, -0.2) is 18.0 Å². The molecule has 0 amide bonds. The van der Waals surface area contributed by atoms with Gasteiger partial charge in [-0.05, 0) is 24.8 Å². The second-order valence-corrected chi connectivity index (χ2v) is 3.36. The van der Waals surface area contributed by atoms with Gasteiger partial charge in [0.25, 0.3) is 0 Å². The minimum Gasteiger partial charge on any atom is -0.370 e. The van der Waals surface area contributed by atoms with Crippen LogP contribution in [0.5, 0.6) is 0 Å². The molecule has 0 saturated carbocycles. The van der Waals surface area contributed by atoms with Crippen molar-refractivity contribution in [3.8, 4) is 0 Å². The fourth-order valence-electron chi connectivity index (χ4n) is 1.62. The van der Waals surface area contributed by atoms with Crippen LogP contribution in [0.3, 0.4) is 0 Å². The van der Waals surface area contributed by atoms with E-state index in [-0.39, 0.29) is 0 Å². The van der Waals surface area contributed by atoms with E-state index in [0.29, 0.717) is 6.04 Å². The number of hydrogen-bond acceptors (Lipinski definition) is 1. The normalized spacial score (nSPS) is 26.5. The summed E-state index contributed by atoms with van der Waals surface area (Å²) in [6, 6.07) is 0.458. The molecule has 1 heteroatoms. The van der Waals surface area contributed by atoms with E-state index in [9.17, 15) is 0 Å². The highest BCUT2D eigenvalue weighted by Gasteiger charge is 2.17. The van der Waals surface area contributed by atoms with Gasteiger partial charge in [0.15, 0.2) is 0 Å². The van der Waals surface area contributed by atoms with Gasteiger partial charge in [0, 0.05) is 7.05 Å². The number of rotatable bonds is 0. The van der Waals surface area contributed by atoms with Gasteiger partial charge in [0.1, 0.15) is 0 Å². The third-order valence-electron chi connectivity index (χ3n) is 2.35. The van der Waals surface area contributed by atoms with Crippen LogP contribution in [0.15, 0.2) is 47.7 Å². The van der Waals surface area contributed by atoms with Crippen LogP contribution in [0.1, 0.15) is 6.92 Å². The molecule has 0 radical (unpaired) electrons. The molecule has 0 aromatic heterocycles. The van der Waals surface area contributed by atoms with Gasteiger partial charge < -0.3 is 4.90 Å². The average molecular weight is 159 g/mol. The number of allylic oxidation sites excluding steroid dienone is 4. The van der Waals surface area contributed by atoms with Crippen LogP contribution >= 0.6 is 0 Å². The highest BCUT2D eigenvalue weighted by Crippen LogP contribution is 2.23. The van der Waals surface area contributed by atoms with Crippen molar-refractivity contribution in [3.05, 3.63) is 47.7 Å². The lowest BCUT2D eigenvalue weighted by molar-refractivity contribution is 0.420. The van der Waals surface area contributed by atoms with Crippen molar-refractivity contribution in [3.63, 3.8) is 0 Å². The fraction of sp³-hybridized carbons (Fsp3) is 0.273. The molecule has 0 N–H and O–H groups in total. The summed E-state index contributed by atoms with van der Waals surface area (Å²) in [5, 5.41) is 0. The molecule has 1 aliphatic carbocycles. The zero-order valence-electron chi connectivity index (χ0n) is 7.49. The van der Waals surface area contributed by atoms with Crippen molar-refractivity contribution < 1.29 is 0 Å². The van der Waals surface area contributed by atoms with Crippen LogP contribution in [-0.2, 0) is 0 Å². The topological polar surface area (TPSA) is 3.24 Å². The summed E-state index contributed by atoms with van der Waals surface area (Å²) in [5.41, 5.74) is 2.73. The maximum Gasteiger partial charge on any atom is 0.0723 e. The van der Waals surface area contributed by atoms with Crippen LogP contribution < -0.4 is 0 Å². The molecule has 1 nitrogen and oxygen atoms in total. The van der Waals surface area contributed by atoms with Crippen LogP contribution in [0.4, 0.5) is 0 Å². The summed E-state index contributed by atoms with van der Waals surface area (Å²) in [4.78, 5) is 2.22. The SMILES string of the molecule is CC1=CC2C(=CC=CN2C)C=C1. The Kier molecular flexibility index (Phi) is 1.65. The predicted octanol–water partition coefficient (Wildman–Crippen LogP) is 2.26. The first-order valence-corrected chi connectivity index (χ1v) is 4.24. The van der Waals surface area contributed by atoms with Crippen molar-refractivity contribution in [1.82, 2.24) is 4.90 Å². The standard InChI is InChI=1S/C11H13N/c1-9-5-6-10-4-3-7-12(2)11(10)8-9/h3-8,11H,1-2H3. The largest absolute Gasteiger partial charge is 0.370 e. The zero-order chi connectivity index (χ0) is 8.55. The molecule has 12 heavy (non-hydrogen) atoms. The van der Waals surface area contributed by atoms with E-state index in [1.807, 2.05) is 0 Å². The summed E-state index contributed by atoms with van der Waals surface area (Å²) in [6.07, 6.45) is 13.0. The second-order valence-electron chi connectivity index (χ2n) is 3.36. The summed E-state index contributed by atoms with van der Waals surface area (Å²) >= 11 is 0. The van der Waals surface area contributed by atoms with E-state index in [4.69, 9.17) is 0 Å². The van der Waals surface area contributed by atoms with Crippen LogP contribution in [0.2, 0.25) is 0 Å². The molecule has 0 spiro atoms. The molecule has 1 unspecified atom stereocenters. The monoisotopic (exact) mass is 159 g/mol. The number of nitrogens with zero attached hydrogens (tertiary/aromatic N) is 1. The molecule has 62 valence electrons. The molecule has 1 heterocycles. The smallest absolute Gasteiger partial charge is 0.0723 e. The minimum atomic E-state index is 0.458. The molecule has 2 aliphatic rings. The molecule has 0 bridgehead atoms. The third-order valence-corrected chi connectivity index (χ3v) is 2.35. The average Bonchev–Trinajstić information content (AvgIpc) is 2.07. The van der Waals surface area contributed by atoms with Gasteiger partial charge >= 0.3 is 0 Å². The lowest BCUT2D eigenvalue weighted by Crippen LogP contribution is -2.29. The Morgan fingerprint density at radius 3 is 3.00 bits per heavy atom. The fourth-order valence-corrected chi connectivity index (χ4v) is 1.62. The van der Waals surface area contributed by atoms with E-state index >= 15 is 0 Å². The number of fused-ring (bicyclic) bond motifs is 1. The molecule has 0 saturated heterocycles. The van der Waals surface area contributed by atoms with Crippen molar-refractivity contribution in [2.45, 2.75) is 13.0 Å². The molecular weight excluding hydrogens is 146 g/mol. The molecule has 1 aliphatic heterocycles. The Labute approximate surface area is 73.4 Å². The molecule has 0 aromatic rings. The maximum absolute atomic E-state index is 2.29. The molecule has 1 atom stereocenters. The summed E-state index contributed by atoms with van der Waals surface area (Å²) < 4.78 is 0. The Balaban J connectivity index is 2.36. The van der Waals surface area contributed by atoms with E-state index < -0.39 is 0 Å². The van der Waals surface area contributed by atoms with Gasteiger partial charge in [-0.1, -0.05) is 29.9 Å². The van der Waals surface area contributed by atoms with Crippen molar-refractivity contribution >= 4 is 0 Å². The maximum atomic E-state index is 2.29. The first-order valence-electron chi connectivity index (χ1n) is 4.24. The molecule has 0 aromatic carbocycles. The lowest BCUT2D eigenvalue weighted by atomic mass is 9.95. The first-order chi connectivity index (χ1) is 5.77. The van der Waals surface area contributed by atoms with Gasteiger partial charge in [-0.25, -0.2) is 0 Å². The third kappa shape index (κ3) is 1.11. The van der Waals surface area contributed by atoms with E-state index in [1.54, 1.807) is 0 Å². The summed E-state index contributed by atoms with van der Waals surface area (Å²) in [7, 11) is 2.11. The van der Waals surface area contributed by atoms with Crippen LogP contribution in [0, 0.1) is 0 Å². The lowest BCUT2D eigenvalue weighted by Gasteiger charge is -2.30. The molecule has 0 fully saturated rings. The summed E-state index contributed by atoms with van der Waals surface area (Å²) in [5.74, 6) is 0. The van der Waals surface area contributed by atoms with Gasteiger partial charge in [-0.3, -0.25) is 0 Å². The predicted molar refractivity (Wildman–Crippen MR) is 51.7 cm³/mol. The van der Waals surface area contributed by atoms with Crippen molar-refractivity contribution in [1.29, 1.82) is 0 Å². The van der Waals surface area contributed by atoms with Gasteiger partial charge in [-0.2, -0.15) is 0 Å². The van der Waals surface area contributed by atoms with Gasteiger partial charge in [0.05, 0.1) is 6.04 Å². The minimum absolute atomic E-state index is 0.458. The summed E-state index contributed by atoms with van der Waals surface area (Å²) in [6.45, 7) is 2.14. The Hall–Kier alpha value is -1.24. The highest BCUT2D eigenvalue weighted by molar-refractivity contribution is 5.43. The molecular formula is C11H13N. The second kappa shape index (κ2) is 2.67. The van der Waals surface area contributed by atoms with Crippen molar-refractivity contribution in [2.75, 3.05) is 7.05 Å². The Morgan fingerprint density at radius 1 is 1.33 bits per heavy atom. The van der Waals surface area contributed by atoms with Gasteiger partial charge in [0.2, 0.25) is 0 Å². The number of hydrogen-bond donors (Lipinski definition) is 0. The Morgan fingerprint density at radius 2 is 2.17 bits per heavy atom. The quantitative estimate of drug-likeness (QED) is 0.524. The van der Waals surface area contributed by atoms with Gasteiger partial charge in [-0.15, -0.1) is 0 Å². The van der Waals surface area contributed by atoms with E-state index in [2.05, 4.69) is 55.5 Å². The van der Waals surface area contributed by atoms with E-state index in [1.165, 1.54) is 11.1 Å². The zero-order valence-corrected chi connectivity index (χ0v) is 7.49. The van der Waals surface area contributed by atoms with Crippen LogP contribution in [0.25, 0.3) is 0 Å². The first kappa shape index (κ1) is 7.41. The van der Waals surface area contributed by atoms with Crippen molar-refractivity contribution in [2.24, 2.45) is 0 Å². The Bertz CT molecular complexity index is 305. The number of likely N-dealkylation sites (N-methyl/N-ethyl adjacent to an activating group) is 1. The highest BCUT2D eigenvalue weighted by atomic mass is 15.1.